The van der Waals surface area contributed by atoms with E-state index in [-0.39, 0.29) is 4.90 Å². The second-order valence-corrected chi connectivity index (χ2v) is 10.6. The zero-order chi connectivity index (χ0) is 22.9. The Labute approximate surface area is 194 Å². The quantitative estimate of drug-likeness (QED) is 0.474. The topological polar surface area (TPSA) is 118 Å². The molecule has 0 bridgehead atoms. The lowest BCUT2D eigenvalue weighted by molar-refractivity contribution is 0.100. The van der Waals surface area contributed by atoms with Crippen molar-refractivity contribution >= 4 is 55.5 Å². The minimum atomic E-state index is -3.79. The monoisotopic (exact) mass is 489 g/mol. The van der Waals surface area contributed by atoms with Crippen LogP contribution in [-0.4, -0.2) is 20.2 Å². The van der Waals surface area contributed by atoms with E-state index in [1.165, 1.54) is 59.9 Å². The van der Waals surface area contributed by atoms with Gasteiger partial charge < -0.3 is 11.1 Å². The van der Waals surface area contributed by atoms with E-state index in [4.69, 9.17) is 17.3 Å². The first-order chi connectivity index (χ1) is 15.2. The highest BCUT2D eigenvalue weighted by Gasteiger charge is 2.25. The van der Waals surface area contributed by atoms with Crippen molar-refractivity contribution < 1.29 is 18.0 Å². The number of hydrogen-bond donors (Lipinski definition) is 3. The first kappa shape index (κ1) is 22.3. The molecule has 0 saturated heterocycles. The van der Waals surface area contributed by atoms with Gasteiger partial charge in [0.05, 0.1) is 10.5 Å². The number of fused-ring (bicyclic) bond motifs is 1. The highest BCUT2D eigenvalue weighted by molar-refractivity contribution is 7.92. The Morgan fingerprint density at radius 2 is 1.62 bits per heavy atom. The predicted octanol–water partition coefficient (Wildman–Crippen LogP) is 4.43. The molecule has 2 aromatic carbocycles. The van der Waals surface area contributed by atoms with Crippen molar-refractivity contribution in [2.24, 2.45) is 5.73 Å². The molecule has 0 spiro atoms. The van der Waals surface area contributed by atoms with E-state index in [2.05, 4.69) is 10.0 Å². The van der Waals surface area contributed by atoms with Crippen LogP contribution in [0.25, 0.3) is 0 Å². The number of nitrogens with one attached hydrogen (secondary N) is 2. The number of hydrogen-bond acceptors (Lipinski definition) is 5. The van der Waals surface area contributed by atoms with Gasteiger partial charge in [0, 0.05) is 21.2 Å². The van der Waals surface area contributed by atoms with Crippen molar-refractivity contribution in [2.75, 3.05) is 10.0 Å². The molecule has 166 valence electrons. The number of carbonyl (C=O) groups is 2. The summed E-state index contributed by atoms with van der Waals surface area (Å²) in [7, 11) is -3.79. The molecule has 4 N–H and O–H groups in total. The van der Waals surface area contributed by atoms with Crippen LogP contribution in [0, 0.1) is 0 Å². The van der Waals surface area contributed by atoms with Gasteiger partial charge in [-0.05, 0) is 79.8 Å². The first-order valence-corrected chi connectivity index (χ1v) is 12.6. The van der Waals surface area contributed by atoms with Crippen LogP contribution >= 0.6 is 22.9 Å². The largest absolute Gasteiger partial charge is 0.365 e. The molecule has 0 unspecified atom stereocenters. The number of primary amides is 1. The van der Waals surface area contributed by atoms with Gasteiger partial charge in [0.25, 0.3) is 21.8 Å². The van der Waals surface area contributed by atoms with Crippen LogP contribution in [0.1, 0.15) is 44.0 Å². The molecule has 0 radical (unpaired) electrons. The summed E-state index contributed by atoms with van der Waals surface area (Å²) in [5, 5.41) is 3.69. The van der Waals surface area contributed by atoms with Gasteiger partial charge in [-0.25, -0.2) is 8.42 Å². The van der Waals surface area contributed by atoms with Crippen LogP contribution < -0.4 is 15.8 Å². The number of anilines is 2. The number of amides is 2. The van der Waals surface area contributed by atoms with Crippen LogP contribution in [0.5, 0.6) is 0 Å². The summed E-state index contributed by atoms with van der Waals surface area (Å²) in [6.07, 6.45) is 3.69. The van der Waals surface area contributed by atoms with Crippen LogP contribution in [-0.2, 0) is 22.9 Å². The van der Waals surface area contributed by atoms with Gasteiger partial charge in [-0.1, -0.05) is 11.6 Å². The third-order valence-electron chi connectivity index (χ3n) is 5.17. The first-order valence-electron chi connectivity index (χ1n) is 9.89. The van der Waals surface area contributed by atoms with Gasteiger partial charge >= 0.3 is 0 Å². The van der Waals surface area contributed by atoms with E-state index in [9.17, 15) is 18.0 Å². The molecule has 2 amide bonds. The van der Waals surface area contributed by atoms with E-state index in [1.54, 1.807) is 0 Å². The molecule has 4 rings (SSSR count). The van der Waals surface area contributed by atoms with Gasteiger partial charge in [0.15, 0.2) is 0 Å². The molecule has 3 aromatic rings. The summed E-state index contributed by atoms with van der Waals surface area (Å²) in [5.74, 6) is -0.954. The minimum Gasteiger partial charge on any atom is -0.365 e. The summed E-state index contributed by atoms with van der Waals surface area (Å²) in [4.78, 5) is 25.9. The molecule has 10 heteroatoms. The average molecular weight is 490 g/mol. The molecule has 32 heavy (non-hydrogen) atoms. The van der Waals surface area contributed by atoms with Crippen LogP contribution in [0.4, 0.5) is 10.7 Å². The van der Waals surface area contributed by atoms with E-state index in [0.717, 1.165) is 36.1 Å². The fraction of sp³-hybridized carbons (Fsp3) is 0.182. The van der Waals surface area contributed by atoms with Crippen molar-refractivity contribution in [1.29, 1.82) is 0 Å². The van der Waals surface area contributed by atoms with E-state index >= 15 is 0 Å². The second kappa shape index (κ2) is 8.93. The minimum absolute atomic E-state index is 0.0735. The highest BCUT2D eigenvalue weighted by atomic mass is 35.5. The Balaban J connectivity index is 1.50. The summed E-state index contributed by atoms with van der Waals surface area (Å²) in [6, 6.07) is 11.8. The Morgan fingerprint density at radius 1 is 0.969 bits per heavy atom. The molecule has 7 nitrogen and oxygen atoms in total. The van der Waals surface area contributed by atoms with Gasteiger partial charge in [-0.15, -0.1) is 11.3 Å². The number of halogens is 1. The maximum atomic E-state index is 12.7. The molecule has 1 heterocycles. The van der Waals surface area contributed by atoms with Gasteiger partial charge in [-0.3, -0.25) is 14.3 Å². The average Bonchev–Trinajstić information content (AvgIpc) is 3.12. The van der Waals surface area contributed by atoms with Crippen molar-refractivity contribution in [3.8, 4) is 0 Å². The lowest BCUT2D eigenvalue weighted by atomic mass is 9.95. The third kappa shape index (κ3) is 4.64. The molecule has 1 aliphatic carbocycles. The maximum absolute atomic E-state index is 12.7. The Morgan fingerprint density at radius 3 is 2.28 bits per heavy atom. The summed E-state index contributed by atoms with van der Waals surface area (Å²) in [5.41, 5.74) is 7.54. The molecular formula is C22H20ClN3O4S2. The number of nitrogens with two attached hydrogens (primary N) is 1. The van der Waals surface area contributed by atoms with Gasteiger partial charge in [0.1, 0.15) is 5.00 Å². The second-order valence-electron chi connectivity index (χ2n) is 7.37. The van der Waals surface area contributed by atoms with Gasteiger partial charge in [0.2, 0.25) is 0 Å². The molecule has 1 aromatic heterocycles. The lowest BCUT2D eigenvalue weighted by Gasteiger charge is -2.11. The maximum Gasteiger partial charge on any atom is 0.261 e. The Hall–Kier alpha value is -2.88. The van der Waals surface area contributed by atoms with Crippen molar-refractivity contribution in [2.45, 2.75) is 30.6 Å². The molecular weight excluding hydrogens is 470 g/mol. The highest BCUT2D eigenvalue weighted by Crippen LogP contribution is 2.38. The van der Waals surface area contributed by atoms with E-state index in [1.807, 2.05) is 0 Å². The molecule has 0 aliphatic heterocycles. The number of benzene rings is 2. The number of carbonyl (C=O) groups excluding carboxylic acids is 2. The number of aryl methyl sites for hydroxylation is 1. The third-order valence-corrected chi connectivity index (χ3v) is 8.02. The standard InChI is InChI=1S/C22H20ClN3O4S2/c23-14-7-11-16(12-8-14)32(29,30)26-15-9-5-13(6-10-15)21(28)25-22-19(20(24)27)17-3-1-2-4-18(17)31-22/h5-12,26H,1-4H2,(H2,24,27)(H,25,28). The van der Waals surface area contributed by atoms with Crippen molar-refractivity contribution in [1.82, 2.24) is 0 Å². The van der Waals surface area contributed by atoms with Crippen LogP contribution in [0.15, 0.2) is 53.4 Å². The van der Waals surface area contributed by atoms with Crippen LogP contribution in [0.3, 0.4) is 0 Å². The summed E-state index contributed by atoms with van der Waals surface area (Å²) in [6.45, 7) is 0. The van der Waals surface area contributed by atoms with Crippen LogP contribution in [0.2, 0.25) is 5.02 Å². The number of thiophene rings is 1. The molecule has 1 aliphatic rings. The lowest BCUT2D eigenvalue weighted by Crippen LogP contribution is -2.18. The Kier molecular flexibility index (Phi) is 6.23. The predicted molar refractivity (Wildman–Crippen MR) is 126 cm³/mol. The van der Waals surface area contributed by atoms with E-state index < -0.39 is 21.8 Å². The Bertz CT molecular complexity index is 1280. The van der Waals surface area contributed by atoms with E-state index in [0.29, 0.717) is 26.8 Å². The van der Waals surface area contributed by atoms with Crippen molar-refractivity contribution in [3.05, 3.63) is 75.1 Å². The van der Waals surface area contributed by atoms with Gasteiger partial charge in [-0.2, -0.15) is 0 Å². The zero-order valence-corrected chi connectivity index (χ0v) is 19.2. The number of sulfonamides is 1. The normalized spacial score (nSPS) is 13.3. The SMILES string of the molecule is NC(=O)c1c(NC(=O)c2ccc(NS(=O)(=O)c3ccc(Cl)cc3)cc2)sc2c1CCCC2. The summed E-state index contributed by atoms with van der Waals surface area (Å²) >= 11 is 7.19. The fourth-order valence-electron chi connectivity index (χ4n) is 3.61. The zero-order valence-electron chi connectivity index (χ0n) is 16.9. The number of rotatable bonds is 6. The van der Waals surface area contributed by atoms with Crippen molar-refractivity contribution in [3.63, 3.8) is 0 Å². The smallest absolute Gasteiger partial charge is 0.261 e. The molecule has 0 fully saturated rings. The fourth-order valence-corrected chi connectivity index (χ4v) is 6.08. The molecule has 0 saturated carbocycles. The summed E-state index contributed by atoms with van der Waals surface area (Å²) < 4.78 is 27.5. The molecule has 0 atom stereocenters.